The van der Waals surface area contributed by atoms with Crippen molar-refractivity contribution >= 4 is 16.9 Å². The van der Waals surface area contributed by atoms with E-state index in [9.17, 15) is 17.8 Å². The van der Waals surface area contributed by atoms with Crippen LogP contribution in [0.2, 0.25) is 0 Å². The van der Waals surface area contributed by atoms with Gasteiger partial charge in [-0.05, 0) is 31.0 Å². The molecule has 2 heterocycles. The molecule has 0 aliphatic carbocycles. The topological polar surface area (TPSA) is 76.9 Å². The molecule has 31 heavy (non-hydrogen) atoms. The van der Waals surface area contributed by atoms with Crippen LogP contribution in [-0.4, -0.2) is 25.0 Å². The van der Waals surface area contributed by atoms with Gasteiger partial charge in [0.1, 0.15) is 22.6 Å². The number of aromatic nitrogens is 3. The highest BCUT2D eigenvalue weighted by atomic mass is 32.2. The molecule has 1 N–H and O–H groups in total. The van der Waals surface area contributed by atoms with Crippen molar-refractivity contribution in [3.05, 3.63) is 75.3 Å². The lowest BCUT2D eigenvalue weighted by Gasteiger charge is -2.14. The van der Waals surface area contributed by atoms with E-state index < -0.39 is 22.6 Å². The number of aryl methyl sites for hydroxylation is 2. The molecular formula is C22H24F2N4O2S. The summed E-state index contributed by atoms with van der Waals surface area (Å²) >= 11 is 0. The third kappa shape index (κ3) is 5.61. The number of hydrogen-bond acceptors (Lipinski definition) is 4. The average Bonchev–Trinajstić information content (AvgIpc) is 2.71. The minimum Gasteiger partial charge on any atom is -0.315 e. The Morgan fingerprint density at radius 2 is 1.97 bits per heavy atom. The predicted octanol–water partition coefficient (Wildman–Crippen LogP) is 3.99. The summed E-state index contributed by atoms with van der Waals surface area (Å²) in [5.74, 6) is -1.16. The zero-order valence-corrected chi connectivity index (χ0v) is 18.4. The van der Waals surface area contributed by atoms with E-state index in [1.807, 2.05) is 6.92 Å². The first kappa shape index (κ1) is 22.7. The Bertz CT molecular complexity index is 1180. The third-order valence-electron chi connectivity index (χ3n) is 4.79. The molecule has 6 nitrogen and oxygen atoms in total. The van der Waals surface area contributed by atoms with E-state index in [1.54, 1.807) is 23.8 Å². The molecule has 0 radical (unpaired) electrons. The molecule has 0 spiro atoms. The summed E-state index contributed by atoms with van der Waals surface area (Å²) < 4.78 is 43.4. The van der Waals surface area contributed by atoms with Crippen LogP contribution >= 0.6 is 0 Å². The summed E-state index contributed by atoms with van der Waals surface area (Å²) in [4.78, 5) is 21.2. The van der Waals surface area contributed by atoms with E-state index in [1.165, 1.54) is 24.6 Å². The van der Waals surface area contributed by atoms with Gasteiger partial charge in [-0.3, -0.25) is 9.52 Å². The normalized spacial score (nSPS) is 12.0. The number of hydrogen-bond donors (Lipinski definition) is 1. The number of rotatable bonds is 8. The van der Waals surface area contributed by atoms with Gasteiger partial charge in [0.15, 0.2) is 0 Å². The summed E-state index contributed by atoms with van der Waals surface area (Å²) in [5, 5.41) is 0. The Hall–Kier alpha value is -2.94. The molecule has 0 fully saturated rings. The van der Waals surface area contributed by atoms with Crippen LogP contribution in [0.3, 0.4) is 0 Å². The maximum atomic E-state index is 14.3. The lowest BCUT2D eigenvalue weighted by atomic mass is 10.0. The van der Waals surface area contributed by atoms with Crippen LogP contribution in [0.25, 0.3) is 11.3 Å². The Morgan fingerprint density at radius 1 is 1.19 bits per heavy atom. The molecule has 1 unspecified atom stereocenters. The number of nitrogens with one attached hydrogen (secondary N) is 1. The van der Waals surface area contributed by atoms with Crippen molar-refractivity contribution in [1.29, 1.82) is 0 Å². The van der Waals surface area contributed by atoms with Crippen LogP contribution in [0, 0.1) is 18.6 Å². The van der Waals surface area contributed by atoms with Gasteiger partial charge in [-0.15, -0.1) is 0 Å². The molecule has 0 saturated heterocycles. The summed E-state index contributed by atoms with van der Waals surface area (Å²) in [6.45, 7) is 4.35. The molecule has 9 heteroatoms. The van der Waals surface area contributed by atoms with Crippen LogP contribution in [0.15, 0.2) is 41.5 Å². The van der Waals surface area contributed by atoms with Crippen molar-refractivity contribution in [2.75, 3.05) is 11.0 Å². The van der Waals surface area contributed by atoms with Gasteiger partial charge in [-0.2, -0.15) is 0 Å². The fourth-order valence-corrected chi connectivity index (χ4v) is 3.60. The zero-order valence-electron chi connectivity index (χ0n) is 17.6. The molecule has 1 aromatic carbocycles. The third-order valence-corrected chi connectivity index (χ3v) is 5.26. The summed E-state index contributed by atoms with van der Waals surface area (Å²) in [5.41, 5.74) is 2.52. The molecule has 164 valence electrons. The molecule has 3 aromatic rings. The molecule has 1 atom stereocenters. The number of pyridine rings is 1. The minimum atomic E-state index is -1.38. The first-order valence-electron chi connectivity index (χ1n) is 9.90. The van der Waals surface area contributed by atoms with Gasteiger partial charge < -0.3 is 4.57 Å². The zero-order chi connectivity index (χ0) is 22.5. The molecular weight excluding hydrogens is 422 g/mol. The minimum absolute atomic E-state index is 0.0783. The quantitative estimate of drug-likeness (QED) is 0.568. The second kappa shape index (κ2) is 9.91. The monoisotopic (exact) mass is 446 g/mol. The summed E-state index contributed by atoms with van der Waals surface area (Å²) in [6.07, 6.45) is 6.63. The first-order chi connectivity index (χ1) is 14.8. The van der Waals surface area contributed by atoms with E-state index in [0.29, 0.717) is 34.5 Å². The van der Waals surface area contributed by atoms with Gasteiger partial charge in [0.25, 0.3) is 5.56 Å². The predicted molar refractivity (Wildman–Crippen MR) is 118 cm³/mol. The molecule has 0 bridgehead atoms. The average molecular weight is 447 g/mol. The lowest BCUT2D eigenvalue weighted by Crippen LogP contribution is -2.22. The van der Waals surface area contributed by atoms with E-state index in [0.717, 1.165) is 18.9 Å². The van der Waals surface area contributed by atoms with Crippen LogP contribution in [-0.2, 0) is 24.0 Å². The lowest BCUT2D eigenvalue weighted by molar-refractivity contribution is 0.574. The van der Waals surface area contributed by atoms with Crippen molar-refractivity contribution in [3.63, 3.8) is 0 Å². The molecule has 0 amide bonds. The number of anilines is 1. The molecule has 0 aliphatic heterocycles. The van der Waals surface area contributed by atoms with Crippen molar-refractivity contribution in [3.8, 4) is 11.3 Å². The van der Waals surface area contributed by atoms with Crippen molar-refractivity contribution in [2.24, 2.45) is 0 Å². The van der Waals surface area contributed by atoms with E-state index in [2.05, 4.69) is 14.7 Å². The van der Waals surface area contributed by atoms with Gasteiger partial charge in [0.05, 0.1) is 5.69 Å². The van der Waals surface area contributed by atoms with E-state index in [-0.39, 0.29) is 17.9 Å². The summed E-state index contributed by atoms with van der Waals surface area (Å²) in [6, 6.07) is 5.14. The van der Waals surface area contributed by atoms with E-state index >= 15 is 0 Å². The number of halogens is 2. The number of benzene rings is 1. The Kier molecular flexibility index (Phi) is 7.27. The molecule has 2 aromatic heterocycles. The SMILES string of the molecule is CCCCn1cc(-c2nc(NS(C)=O)ncc2Cc2ccc(F)cc2F)cc(C)c1=O. The van der Waals surface area contributed by atoms with Crippen molar-refractivity contribution in [1.82, 2.24) is 14.5 Å². The van der Waals surface area contributed by atoms with Gasteiger partial charge in [-0.1, -0.05) is 19.4 Å². The fourth-order valence-electron chi connectivity index (χ4n) is 3.24. The Balaban J connectivity index is 2.13. The molecule has 0 saturated carbocycles. The highest BCUT2D eigenvalue weighted by Crippen LogP contribution is 2.26. The molecule has 3 rings (SSSR count). The largest absolute Gasteiger partial charge is 0.315 e. The van der Waals surface area contributed by atoms with Crippen molar-refractivity contribution < 1.29 is 13.0 Å². The van der Waals surface area contributed by atoms with E-state index in [4.69, 9.17) is 0 Å². The Morgan fingerprint density at radius 3 is 2.65 bits per heavy atom. The van der Waals surface area contributed by atoms with Crippen LogP contribution in [0.4, 0.5) is 14.7 Å². The Labute approximate surface area is 182 Å². The van der Waals surface area contributed by atoms with Gasteiger partial charge >= 0.3 is 0 Å². The van der Waals surface area contributed by atoms with Gasteiger partial charge in [-0.25, -0.2) is 23.0 Å². The van der Waals surface area contributed by atoms with Gasteiger partial charge in [0, 0.05) is 54.4 Å². The fraction of sp³-hybridized carbons (Fsp3) is 0.318. The van der Waals surface area contributed by atoms with Crippen LogP contribution < -0.4 is 10.3 Å². The standard InChI is InChI=1S/C22H24F2N4O2S/c1-4-5-8-28-13-17(9-14(2)21(28)29)20-16(12-25-22(26-20)27-31(3)30)10-15-6-7-18(23)11-19(15)24/h6-7,9,11-13H,4-5,8,10H2,1-3H3,(H,25,26,27). The maximum absolute atomic E-state index is 14.3. The van der Waals surface area contributed by atoms with Gasteiger partial charge in [0.2, 0.25) is 5.95 Å². The number of unbranched alkanes of at least 4 members (excludes halogenated alkanes) is 1. The smallest absolute Gasteiger partial charge is 0.253 e. The number of nitrogens with zero attached hydrogens (tertiary/aromatic N) is 3. The second-order valence-corrected chi connectivity index (χ2v) is 8.41. The second-order valence-electron chi connectivity index (χ2n) is 7.30. The van der Waals surface area contributed by atoms with Crippen molar-refractivity contribution in [2.45, 2.75) is 39.7 Å². The first-order valence-corrected chi connectivity index (χ1v) is 11.5. The maximum Gasteiger partial charge on any atom is 0.253 e. The van der Waals surface area contributed by atoms with Crippen LogP contribution in [0.1, 0.15) is 36.5 Å². The highest BCUT2D eigenvalue weighted by molar-refractivity contribution is 7.85. The van der Waals surface area contributed by atoms with Crippen LogP contribution in [0.5, 0.6) is 0 Å². The molecule has 0 aliphatic rings. The summed E-state index contributed by atoms with van der Waals surface area (Å²) in [7, 11) is -1.38. The highest BCUT2D eigenvalue weighted by Gasteiger charge is 2.15.